The zero-order valence-electron chi connectivity index (χ0n) is 12.3. The normalized spacial score (nSPS) is 22.0. The Morgan fingerprint density at radius 2 is 2.24 bits per heavy atom. The highest BCUT2D eigenvalue weighted by molar-refractivity contribution is 5.96. The molecule has 1 saturated heterocycles. The number of furan rings is 1. The van der Waals surface area contributed by atoms with Crippen LogP contribution in [0.15, 0.2) is 10.5 Å². The summed E-state index contributed by atoms with van der Waals surface area (Å²) >= 11 is 0. The lowest BCUT2D eigenvalue weighted by Crippen LogP contribution is -2.34. The summed E-state index contributed by atoms with van der Waals surface area (Å²) in [5.41, 5.74) is 0.0577. The molecule has 1 aromatic heterocycles. The summed E-state index contributed by atoms with van der Waals surface area (Å²) in [6.45, 7) is 5.08. The minimum Gasteiger partial charge on any atom is -0.478 e. The number of nitrogens with one attached hydrogen (secondary N) is 1. The van der Waals surface area contributed by atoms with E-state index in [0.717, 1.165) is 12.8 Å². The van der Waals surface area contributed by atoms with Gasteiger partial charge in [0, 0.05) is 25.6 Å². The van der Waals surface area contributed by atoms with E-state index in [2.05, 4.69) is 5.32 Å². The van der Waals surface area contributed by atoms with Crippen molar-refractivity contribution in [1.29, 1.82) is 0 Å². The molecule has 0 aromatic carbocycles. The Hall–Kier alpha value is -1.82. The van der Waals surface area contributed by atoms with E-state index in [-0.39, 0.29) is 23.3 Å². The third kappa shape index (κ3) is 3.85. The van der Waals surface area contributed by atoms with E-state index < -0.39 is 5.97 Å². The van der Waals surface area contributed by atoms with Crippen LogP contribution in [0.25, 0.3) is 0 Å². The Morgan fingerprint density at radius 3 is 2.81 bits per heavy atom. The number of hydrogen-bond donors (Lipinski definition) is 2. The van der Waals surface area contributed by atoms with Crippen molar-refractivity contribution in [2.45, 2.75) is 39.2 Å². The smallest absolute Gasteiger partial charge is 0.339 e. The van der Waals surface area contributed by atoms with Crippen LogP contribution >= 0.6 is 0 Å². The first-order valence-corrected chi connectivity index (χ1v) is 7.27. The van der Waals surface area contributed by atoms with Crippen molar-refractivity contribution >= 4 is 11.9 Å². The maximum atomic E-state index is 12.0. The Labute approximate surface area is 123 Å². The fraction of sp³-hybridized carbons (Fsp3) is 0.600. The summed E-state index contributed by atoms with van der Waals surface area (Å²) in [6, 6.07) is 1.29. The highest BCUT2D eigenvalue weighted by Gasteiger charge is 2.23. The number of aromatic carboxylic acids is 1. The number of carbonyl (C=O) groups excluding carboxylic acids is 1. The summed E-state index contributed by atoms with van der Waals surface area (Å²) < 4.78 is 10.8. The summed E-state index contributed by atoms with van der Waals surface area (Å²) in [6.07, 6.45) is 2.49. The molecule has 1 amide bonds. The monoisotopic (exact) mass is 295 g/mol. The first kappa shape index (κ1) is 15.6. The fourth-order valence-corrected chi connectivity index (χ4v) is 2.59. The van der Waals surface area contributed by atoms with Gasteiger partial charge in [0.1, 0.15) is 11.3 Å². The van der Waals surface area contributed by atoms with Crippen molar-refractivity contribution in [1.82, 2.24) is 5.32 Å². The number of ether oxygens (including phenoxy) is 1. The first-order valence-electron chi connectivity index (χ1n) is 7.27. The number of carboxylic acid groups (broad SMARTS) is 1. The van der Waals surface area contributed by atoms with E-state index in [1.165, 1.54) is 6.07 Å². The second-order valence-electron chi connectivity index (χ2n) is 5.39. The number of carboxylic acids is 1. The van der Waals surface area contributed by atoms with Gasteiger partial charge in [0.05, 0.1) is 6.10 Å². The fourth-order valence-electron chi connectivity index (χ4n) is 2.59. The van der Waals surface area contributed by atoms with Gasteiger partial charge in [0.15, 0.2) is 5.76 Å². The van der Waals surface area contributed by atoms with E-state index in [0.29, 0.717) is 31.3 Å². The molecule has 0 spiro atoms. The number of hydrogen-bond acceptors (Lipinski definition) is 4. The van der Waals surface area contributed by atoms with Crippen molar-refractivity contribution in [3.63, 3.8) is 0 Å². The van der Waals surface area contributed by atoms with Crippen LogP contribution in [-0.4, -0.2) is 36.2 Å². The van der Waals surface area contributed by atoms with Gasteiger partial charge in [-0.15, -0.1) is 0 Å². The van der Waals surface area contributed by atoms with Gasteiger partial charge in [-0.1, -0.05) is 6.92 Å². The third-order valence-corrected chi connectivity index (χ3v) is 3.73. The molecule has 2 N–H and O–H groups in total. The molecule has 6 heteroatoms. The molecule has 116 valence electrons. The van der Waals surface area contributed by atoms with E-state index >= 15 is 0 Å². The number of amides is 1. The molecule has 1 aliphatic rings. The van der Waals surface area contributed by atoms with E-state index in [1.54, 1.807) is 6.92 Å². The Morgan fingerprint density at radius 1 is 1.48 bits per heavy atom. The van der Waals surface area contributed by atoms with Gasteiger partial charge >= 0.3 is 5.97 Å². The molecule has 2 heterocycles. The largest absolute Gasteiger partial charge is 0.478 e. The summed E-state index contributed by atoms with van der Waals surface area (Å²) in [4.78, 5) is 23.1. The molecule has 0 saturated carbocycles. The Kier molecular flexibility index (Phi) is 5.01. The second-order valence-corrected chi connectivity index (χ2v) is 5.39. The number of aryl methyl sites for hydroxylation is 1. The molecular weight excluding hydrogens is 274 g/mol. The molecule has 2 rings (SSSR count). The lowest BCUT2D eigenvalue weighted by molar-refractivity contribution is 0.00296. The van der Waals surface area contributed by atoms with Crippen molar-refractivity contribution in [3.05, 3.63) is 23.2 Å². The minimum absolute atomic E-state index is 0.0577. The molecule has 21 heavy (non-hydrogen) atoms. The predicted molar refractivity (Wildman–Crippen MR) is 75.5 cm³/mol. The molecule has 6 nitrogen and oxygen atoms in total. The highest BCUT2D eigenvalue weighted by Crippen LogP contribution is 2.20. The quantitative estimate of drug-likeness (QED) is 0.868. The van der Waals surface area contributed by atoms with E-state index in [4.69, 9.17) is 14.3 Å². The molecule has 0 aliphatic carbocycles. The van der Waals surface area contributed by atoms with Crippen molar-refractivity contribution in [3.8, 4) is 0 Å². The highest BCUT2D eigenvalue weighted by atomic mass is 16.5. The van der Waals surface area contributed by atoms with Gasteiger partial charge in [-0.05, 0) is 25.7 Å². The average Bonchev–Trinajstić information content (AvgIpc) is 2.89. The second kappa shape index (κ2) is 6.76. The Balaban J connectivity index is 1.95. The van der Waals surface area contributed by atoms with Crippen LogP contribution in [0.1, 0.15) is 53.4 Å². The molecule has 2 atom stereocenters. The van der Waals surface area contributed by atoms with Gasteiger partial charge in [0.25, 0.3) is 5.91 Å². The van der Waals surface area contributed by atoms with Crippen molar-refractivity contribution in [2.24, 2.45) is 5.92 Å². The molecule has 2 unspecified atom stereocenters. The van der Waals surface area contributed by atoms with E-state index in [9.17, 15) is 9.59 Å². The standard InChI is InChI=1S/C15H21NO5/c1-3-12-11(15(18)19)7-13(21-12)14(17)16-8-10-4-5-20-9(2)6-10/h7,9-10H,3-6,8H2,1-2H3,(H,16,17)(H,18,19). The zero-order chi connectivity index (χ0) is 15.4. The van der Waals surface area contributed by atoms with Crippen molar-refractivity contribution < 1.29 is 23.8 Å². The lowest BCUT2D eigenvalue weighted by atomic mass is 9.96. The maximum absolute atomic E-state index is 12.0. The van der Waals surface area contributed by atoms with Crippen LogP contribution in [0.4, 0.5) is 0 Å². The molecule has 1 aromatic rings. The zero-order valence-corrected chi connectivity index (χ0v) is 12.3. The predicted octanol–water partition coefficient (Wildman–Crippen LogP) is 2.09. The van der Waals surface area contributed by atoms with Crippen LogP contribution in [0.2, 0.25) is 0 Å². The topological polar surface area (TPSA) is 88.8 Å². The van der Waals surface area contributed by atoms with Gasteiger partial charge in [-0.2, -0.15) is 0 Å². The summed E-state index contributed by atoms with van der Waals surface area (Å²) in [5, 5.41) is 11.9. The summed E-state index contributed by atoms with van der Waals surface area (Å²) in [7, 11) is 0. The number of carbonyl (C=O) groups is 2. The average molecular weight is 295 g/mol. The van der Waals surface area contributed by atoms with Crippen LogP contribution in [0, 0.1) is 5.92 Å². The molecule has 1 fully saturated rings. The minimum atomic E-state index is -1.08. The molecule has 0 bridgehead atoms. The van der Waals surface area contributed by atoms with Gasteiger partial charge in [-0.25, -0.2) is 4.79 Å². The van der Waals surface area contributed by atoms with Crippen molar-refractivity contribution in [2.75, 3.05) is 13.2 Å². The van der Waals surface area contributed by atoms with Gasteiger partial charge in [0.2, 0.25) is 0 Å². The van der Waals surface area contributed by atoms with Gasteiger partial charge < -0.3 is 19.6 Å². The first-order chi connectivity index (χ1) is 10.0. The van der Waals surface area contributed by atoms with Crippen LogP contribution < -0.4 is 5.32 Å². The maximum Gasteiger partial charge on any atom is 0.339 e. The lowest BCUT2D eigenvalue weighted by Gasteiger charge is -2.27. The van der Waals surface area contributed by atoms with Crippen LogP contribution in [-0.2, 0) is 11.2 Å². The Bertz CT molecular complexity index is 522. The third-order valence-electron chi connectivity index (χ3n) is 3.73. The molecular formula is C15H21NO5. The van der Waals surface area contributed by atoms with Crippen LogP contribution in [0.3, 0.4) is 0 Å². The summed E-state index contributed by atoms with van der Waals surface area (Å²) in [5.74, 6) is -0.668. The van der Waals surface area contributed by atoms with E-state index in [1.807, 2.05) is 6.92 Å². The number of rotatable bonds is 5. The molecule has 0 radical (unpaired) electrons. The van der Waals surface area contributed by atoms with Crippen LogP contribution in [0.5, 0.6) is 0 Å². The molecule has 1 aliphatic heterocycles. The SMILES string of the molecule is CCc1oc(C(=O)NCC2CCOC(C)C2)cc1C(=O)O. The van der Waals surface area contributed by atoms with Gasteiger partial charge in [-0.3, -0.25) is 4.79 Å².